The van der Waals surface area contributed by atoms with Crippen molar-refractivity contribution in [3.63, 3.8) is 0 Å². The van der Waals surface area contributed by atoms with Crippen molar-refractivity contribution < 1.29 is 121 Å². The maximum Gasteiger partial charge on any atom is 0.331 e. The van der Waals surface area contributed by atoms with Crippen molar-refractivity contribution in [2.45, 2.75) is 363 Å². The average Bonchev–Trinajstić information content (AvgIpc) is 0.775. The van der Waals surface area contributed by atoms with Crippen LogP contribution in [0.4, 0.5) is 0 Å². The van der Waals surface area contributed by atoms with E-state index in [2.05, 4.69) is 13.8 Å². The Morgan fingerprint density at radius 1 is 0.479 bits per heavy atom. The molecule has 94 heavy (non-hydrogen) atoms. The van der Waals surface area contributed by atoms with Gasteiger partial charge in [0.05, 0.1) is 36.6 Å². The first kappa shape index (κ1) is 77.5. The van der Waals surface area contributed by atoms with Crippen molar-refractivity contribution in [1.82, 2.24) is 0 Å². The predicted molar refractivity (Wildman–Crippen MR) is 336 cm³/mol. The standard InChI is InChI=1S/C69H110O25/c1-9-11-13-14-15-16-19-22-30-36-48(72)90-64-63(94-65-54(78)52(76)50(74)39(3)81-65)59(92-66-56(80)60(58(42(6)83-66)86-44(8)70)88-49(73)38-37-45-31-26-24-27-32-45)43(7)85-69(64)91-57-41(5)84-68-62(55(57)79)89-47(71)35-29-23-20-17-18-21-28-34-46(33-25-12-10-2)87-67-61(93-68)53(77)51(75)40(4)82-67/h24,26-27,31-32,37-43,46,50-69,74-80H,9-23,25,28-30,33-36H2,1-8H3/b38-37+/t39-,40+,41-,42-,43-,46-,50-,51-,52+,53-,54+,55+,56+,57-,58-,59-,60-,61+,62+,63+,64+,65-,66-,67-,68-,69-/m0/s1. The summed E-state index contributed by atoms with van der Waals surface area (Å²) in [6.45, 7) is 13.0. The number of carbonyl (C=O) groups excluding carboxylic acids is 4. The number of aliphatic hydroxyl groups is 7. The van der Waals surface area contributed by atoms with Crippen LogP contribution >= 0.6 is 0 Å². The number of ether oxygens (including phenoxy) is 14. The fourth-order valence-corrected chi connectivity index (χ4v) is 13.1. The summed E-state index contributed by atoms with van der Waals surface area (Å²) >= 11 is 0. The molecule has 25 heteroatoms. The Morgan fingerprint density at radius 2 is 1.02 bits per heavy atom. The Labute approximate surface area is 553 Å². The lowest BCUT2D eigenvalue weighted by Gasteiger charge is -2.51. The molecule has 1 aromatic carbocycles. The summed E-state index contributed by atoms with van der Waals surface area (Å²) in [6, 6.07) is 8.86. The normalized spacial score (nSPS) is 39.0. The Balaban J connectivity index is 1.23. The summed E-state index contributed by atoms with van der Waals surface area (Å²) < 4.78 is 88.8. The van der Waals surface area contributed by atoms with Crippen LogP contribution in [0.3, 0.4) is 0 Å². The molecule has 0 unspecified atom stereocenters. The first-order valence-corrected chi connectivity index (χ1v) is 34.9. The van der Waals surface area contributed by atoms with Crippen LogP contribution in [0.15, 0.2) is 36.4 Å². The number of hydrogen-bond donors (Lipinski definition) is 7. The number of rotatable bonds is 25. The van der Waals surface area contributed by atoms with Gasteiger partial charge in [-0.15, -0.1) is 0 Å². The van der Waals surface area contributed by atoms with E-state index in [1.54, 1.807) is 37.3 Å². The SMILES string of the molecule is CCCCCCCCCCCC(=O)O[C@H]1[C@H](O[C@@H]2[C@@H](O)[C@H]3OC(=O)CCCCCCCCC[C@H](CCCCC)O[C@@H]4O[C@H](C)[C@H](O)[C@H](O)[C@H]4O[C@@H]3O[C@H]2C)O[C@@H](C)[C@H](O[C@@H]2O[C@@H](C)[C@H](OC(C)=O)[C@@H](OC(=O)/C=C/c3ccccc3)[C@H]2O)[C@H]1O[C@@H]1O[C@@H](C)[C@H](O)[C@@H](O)[C@H]1O. The molecule has 0 bridgehead atoms. The second kappa shape index (κ2) is 39.1. The van der Waals surface area contributed by atoms with Crippen LogP contribution < -0.4 is 0 Å². The highest BCUT2D eigenvalue weighted by Gasteiger charge is 2.59. The molecular formula is C69H110O25. The third kappa shape index (κ3) is 22.3. The molecule has 6 saturated heterocycles. The zero-order chi connectivity index (χ0) is 68.0. The van der Waals surface area contributed by atoms with Gasteiger partial charge in [-0.25, -0.2) is 4.79 Å². The smallest absolute Gasteiger partial charge is 0.331 e. The molecule has 0 amide bonds. The summed E-state index contributed by atoms with van der Waals surface area (Å²) in [7, 11) is 0. The van der Waals surface area contributed by atoms with E-state index in [0.717, 1.165) is 116 Å². The number of fused-ring (bicyclic) bond motifs is 2. The molecule has 0 aliphatic carbocycles. The molecule has 0 spiro atoms. The van der Waals surface area contributed by atoms with Crippen LogP contribution in [0, 0.1) is 0 Å². The van der Waals surface area contributed by atoms with Crippen molar-refractivity contribution in [2.75, 3.05) is 0 Å². The molecule has 6 aliphatic rings. The summed E-state index contributed by atoms with van der Waals surface area (Å²) in [5.74, 6) is -3.17. The summed E-state index contributed by atoms with van der Waals surface area (Å²) in [5, 5.41) is 81.7. The average molecular weight is 1340 g/mol. The van der Waals surface area contributed by atoms with Gasteiger partial charge in [0.2, 0.25) is 0 Å². The Morgan fingerprint density at radius 3 is 1.71 bits per heavy atom. The zero-order valence-corrected chi connectivity index (χ0v) is 56.3. The molecule has 536 valence electrons. The van der Waals surface area contributed by atoms with Crippen LogP contribution in [0.1, 0.15) is 209 Å². The number of hydrogen-bond acceptors (Lipinski definition) is 25. The molecule has 6 heterocycles. The molecule has 0 radical (unpaired) electrons. The van der Waals surface area contributed by atoms with Crippen LogP contribution in [0.5, 0.6) is 0 Å². The zero-order valence-electron chi connectivity index (χ0n) is 56.3. The van der Waals surface area contributed by atoms with E-state index in [1.165, 1.54) is 33.8 Å². The van der Waals surface area contributed by atoms with Gasteiger partial charge in [-0.05, 0) is 71.9 Å². The first-order chi connectivity index (χ1) is 45.1. The van der Waals surface area contributed by atoms with E-state index in [9.17, 15) is 54.9 Å². The van der Waals surface area contributed by atoms with Crippen molar-refractivity contribution in [3.05, 3.63) is 42.0 Å². The third-order valence-corrected chi connectivity index (χ3v) is 18.6. The van der Waals surface area contributed by atoms with Crippen molar-refractivity contribution in [1.29, 1.82) is 0 Å². The number of benzene rings is 1. The molecule has 0 saturated carbocycles. The van der Waals surface area contributed by atoms with Crippen LogP contribution in [-0.4, -0.2) is 219 Å². The lowest BCUT2D eigenvalue weighted by molar-refractivity contribution is -0.399. The van der Waals surface area contributed by atoms with Gasteiger partial charge in [-0.1, -0.05) is 153 Å². The van der Waals surface area contributed by atoms with E-state index in [1.807, 2.05) is 0 Å². The van der Waals surface area contributed by atoms with Gasteiger partial charge >= 0.3 is 23.9 Å². The van der Waals surface area contributed by atoms with Gasteiger partial charge in [0.1, 0.15) is 67.1 Å². The quantitative estimate of drug-likeness (QED) is 0.0235. The largest absolute Gasteiger partial charge is 0.456 e. The minimum atomic E-state index is -1.94. The van der Waals surface area contributed by atoms with E-state index in [-0.39, 0.29) is 18.9 Å². The Hall–Kier alpha value is -3.84. The predicted octanol–water partition coefficient (Wildman–Crippen LogP) is 6.57. The van der Waals surface area contributed by atoms with Gasteiger partial charge in [0.15, 0.2) is 55.9 Å². The maximum atomic E-state index is 14.5. The van der Waals surface area contributed by atoms with Crippen molar-refractivity contribution >= 4 is 30.0 Å². The van der Waals surface area contributed by atoms with Gasteiger partial charge < -0.3 is 102 Å². The Kier molecular flexibility index (Phi) is 32.2. The second-order valence-electron chi connectivity index (χ2n) is 26.4. The molecule has 26 atom stereocenters. The molecule has 25 nitrogen and oxygen atoms in total. The maximum absolute atomic E-state index is 14.5. The first-order valence-electron chi connectivity index (χ1n) is 34.9. The second-order valence-corrected chi connectivity index (χ2v) is 26.4. The lowest BCUT2D eigenvalue weighted by Crippen LogP contribution is -2.68. The number of unbranched alkanes of at least 4 members (excludes halogenated alkanes) is 10. The van der Waals surface area contributed by atoms with Gasteiger partial charge in [-0.3, -0.25) is 14.4 Å². The Bertz CT molecular complexity index is 2420. The highest BCUT2D eigenvalue weighted by Crippen LogP contribution is 2.40. The molecule has 6 aliphatic heterocycles. The van der Waals surface area contributed by atoms with Gasteiger partial charge in [0.25, 0.3) is 0 Å². The molecule has 1 aromatic rings. The summed E-state index contributed by atoms with van der Waals surface area (Å²) in [6.07, 6.45) is -17.9. The van der Waals surface area contributed by atoms with Crippen LogP contribution in [0.2, 0.25) is 0 Å². The minimum absolute atomic E-state index is 0.0370. The van der Waals surface area contributed by atoms with Crippen LogP contribution in [0.25, 0.3) is 6.08 Å². The number of esters is 4. The lowest BCUT2D eigenvalue weighted by atomic mass is 9.95. The van der Waals surface area contributed by atoms with Crippen molar-refractivity contribution in [2.24, 2.45) is 0 Å². The molecule has 7 N–H and O–H groups in total. The molecular weight excluding hydrogens is 1230 g/mol. The van der Waals surface area contributed by atoms with E-state index in [4.69, 9.17) is 66.3 Å². The van der Waals surface area contributed by atoms with E-state index >= 15 is 0 Å². The third-order valence-electron chi connectivity index (χ3n) is 18.6. The monoisotopic (exact) mass is 1340 g/mol. The highest BCUT2D eigenvalue weighted by molar-refractivity contribution is 5.87. The topological polar surface area (TPSA) is 339 Å². The van der Waals surface area contributed by atoms with Gasteiger partial charge in [0, 0.05) is 25.8 Å². The number of aliphatic hydroxyl groups excluding tert-OH is 7. The fraction of sp³-hybridized carbons (Fsp3) is 0.826. The molecule has 7 rings (SSSR count). The fourth-order valence-electron chi connectivity index (χ4n) is 13.1. The minimum Gasteiger partial charge on any atom is -0.456 e. The van der Waals surface area contributed by atoms with E-state index in [0.29, 0.717) is 37.7 Å². The summed E-state index contributed by atoms with van der Waals surface area (Å²) in [4.78, 5) is 54.5. The molecule has 0 aromatic heterocycles. The van der Waals surface area contributed by atoms with E-state index < -0.39 is 177 Å². The van der Waals surface area contributed by atoms with Crippen LogP contribution in [-0.2, 0) is 85.5 Å². The summed E-state index contributed by atoms with van der Waals surface area (Å²) in [5.41, 5.74) is 0.663. The van der Waals surface area contributed by atoms with Gasteiger partial charge in [-0.2, -0.15) is 0 Å². The highest BCUT2D eigenvalue weighted by atomic mass is 16.8. The van der Waals surface area contributed by atoms with Crippen molar-refractivity contribution in [3.8, 4) is 0 Å². The number of carbonyl (C=O) groups is 4. The molecule has 6 fully saturated rings.